The molecule has 0 aliphatic rings. The van der Waals surface area contributed by atoms with E-state index in [0.717, 1.165) is 5.56 Å². The van der Waals surface area contributed by atoms with E-state index >= 15 is 0 Å². The van der Waals surface area contributed by atoms with E-state index in [9.17, 15) is 9.59 Å². The highest BCUT2D eigenvalue weighted by Gasteiger charge is 2.17. The third kappa shape index (κ3) is 5.02. The van der Waals surface area contributed by atoms with Gasteiger partial charge in [-0.15, -0.1) is 5.10 Å². The Labute approximate surface area is 147 Å². The minimum Gasteiger partial charge on any atom is -0.469 e. The van der Waals surface area contributed by atoms with Crippen LogP contribution in [-0.2, 0) is 22.6 Å². The summed E-state index contributed by atoms with van der Waals surface area (Å²) in [4.78, 5) is 23.3. The fourth-order valence-corrected chi connectivity index (χ4v) is 2.61. The lowest BCUT2D eigenvalue weighted by Gasteiger charge is -2.04. The van der Waals surface area contributed by atoms with Gasteiger partial charge < -0.3 is 10.1 Å². The van der Waals surface area contributed by atoms with Crippen LogP contribution in [0.1, 0.15) is 28.9 Å². The van der Waals surface area contributed by atoms with Crippen LogP contribution < -0.4 is 5.32 Å². The smallest absolute Gasteiger partial charge is 0.305 e. The second-order valence-corrected chi connectivity index (χ2v) is 5.82. The third-order valence-electron chi connectivity index (χ3n) is 3.16. The van der Waals surface area contributed by atoms with Crippen LogP contribution in [0.3, 0.4) is 0 Å². The van der Waals surface area contributed by atoms with Crippen molar-refractivity contribution in [2.45, 2.75) is 25.9 Å². The van der Waals surface area contributed by atoms with Gasteiger partial charge in [0.2, 0.25) is 0 Å². The molecule has 122 valence electrons. The van der Waals surface area contributed by atoms with Crippen LogP contribution in [0.2, 0.25) is 0 Å². The van der Waals surface area contributed by atoms with Crippen molar-refractivity contribution in [3.63, 3.8) is 0 Å². The number of aryl methyl sites for hydroxylation is 1. The summed E-state index contributed by atoms with van der Waals surface area (Å²) < 4.78 is 6.85. The van der Waals surface area contributed by atoms with Crippen molar-refractivity contribution in [3.8, 4) is 0 Å². The summed E-state index contributed by atoms with van der Waals surface area (Å²) in [5.41, 5.74) is 1.31. The SMILES string of the molecule is COC(=O)CCCn1nnc(C(=O)NCc2ccccc2)c1[125I]. The van der Waals surface area contributed by atoms with E-state index < -0.39 is 0 Å². The van der Waals surface area contributed by atoms with Crippen LogP contribution in [0, 0.1) is 3.70 Å². The molecule has 0 radical (unpaired) electrons. The molecule has 1 amide bonds. The van der Waals surface area contributed by atoms with Crippen LogP contribution in [0.5, 0.6) is 0 Å². The van der Waals surface area contributed by atoms with E-state index in [1.165, 1.54) is 7.11 Å². The molecule has 7 nitrogen and oxygen atoms in total. The Kier molecular flexibility index (Phi) is 6.51. The number of halogens is 1. The zero-order valence-corrected chi connectivity index (χ0v) is 14.8. The Morgan fingerprint density at radius 2 is 2.04 bits per heavy atom. The molecular weight excluding hydrogens is 409 g/mol. The van der Waals surface area contributed by atoms with Crippen LogP contribution in [0.4, 0.5) is 0 Å². The first-order valence-corrected chi connectivity index (χ1v) is 8.17. The van der Waals surface area contributed by atoms with Gasteiger partial charge in [0.15, 0.2) is 5.69 Å². The minimum atomic E-state index is -0.266. The molecule has 0 bridgehead atoms. The maximum Gasteiger partial charge on any atom is 0.305 e. The highest BCUT2D eigenvalue weighted by Crippen LogP contribution is 2.10. The molecule has 2 aromatic rings. The Bertz CT molecular complexity index is 673. The maximum absolute atomic E-state index is 12.2. The van der Waals surface area contributed by atoms with E-state index in [4.69, 9.17) is 0 Å². The van der Waals surface area contributed by atoms with Crippen LogP contribution in [0.25, 0.3) is 0 Å². The van der Waals surface area contributed by atoms with Crippen molar-refractivity contribution in [3.05, 3.63) is 45.3 Å². The van der Waals surface area contributed by atoms with Crippen molar-refractivity contribution >= 4 is 34.5 Å². The molecule has 8 heteroatoms. The van der Waals surface area contributed by atoms with Crippen molar-refractivity contribution < 1.29 is 14.3 Å². The number of methoxy groups -OCH3 is 1. The van der Waals surface area contributed by atoms with Gasteiger partial charge in [-0.25, -0.2) is 4.68 Å². The van der Waals surface area contributed by atoms with Crippen LogP contribution in [-0.4, -0.2) is 34.0 Å². The average Bonchev–Trinajstić information content (AvgIpc) is 2.94. The van der Waals surface area contributed by atoms with Crippen LogP contribution >= 0.6 is 22.6 Å². The molecule has 0 unspecified atom stereocenters. The highest BCUT2D eigenvalue weighted by molar-refractivity contribution is 14.1. The van der Waals surface area contributed by atoms with Gasteiger partial charge in [0.1, 0.15) is 3.70 Å². The van der Waals surface area contributed by atoms with Crippen molar-refractivity contribution in [2.24, 2.45) is 0 Å². The first kappa shape index (κ1) is 17.4. The number of rotatable bonds is 7. The summed E-state index contributed by atoms with van der Waals surface area (Å²) >= 11 is 2.03. The highest BCUT2D eigenvalue weighted by atomic mass is 125. The molecule has 0 aliphatic heterocycles. The Morgan fingerprint density at radius 3 is 2.74 bits per heavy atom. The summed E-state index contributed by atoms with van der Waals surface area (Å²) in [5, 5.41) is 10.7. The van der Waals surface area contributed by atoms with Gasteiger partial charge in [-0.1, -0.05) is 35.5 Å². The van der Waals surface area contributed by atoms with Gasteiger partial charge in [-0.05, 0) is 34.6 Å². The molecule has 1 aromatic carbocycles. The molecule has 0 fully saturated rings. The molecule has 2 rings (SSSR count). The maximum atomic E-state index is 12.2. The lowest BCUT2D eigenvalue weighted by molar-refractivity contribution is -0.140. The van der Waals surface area contributed by atoms with E-state index in [2.05, 4.69) is 20.4 Å². The fraction of sp³-hybridized carbons (Fsp3) is 0.333. The molecule has 0 atom stereocenters. The van der Waals surface area contributed by atoms with E-state index in [0.29, 0.717) is 35.3 Å². The number of ether oxygens (including phenoxy) is 1. The topological polar surface area (TPSA) is 86.1 Å². The molecule has 1 heterocycles. The summed E-state index contributed by atoms with van der Waals surface area (Å²) in [6.45, 7) is 0.942. The number of amides is 1. The zero-order chi connectivity index (χ0) is 16.7. The lowest BCUT2D eigenvalue weighted by atomic mass is 10.2. The first-order valence-electron chi connectivity index (χ1n) is 7.09. The summed E-state index contributed by atoms with van der Waals surface area (Å²) in [6, 6.07) is 9.64. The van der Waals surface area contributed by atoms with E-state index in [1.807, 2.05) is 52.9 Å². The normalized spacial score (nSPS) is 10.3. The Balaban J connectivity index is 1.90. The van der Waals surface area contributed by atoms with Crippen molar-refractivity contribution in [1.82, 2.24) is 20.3 Å². The van der Waals surface area contributed by atoms with Crippen molar-refractivity contribution in [2.75, 3.05) is 7.11 Å². The van der Waals surface area contributed by atoms with Gasteiger partial charge in [0.25, 0.3) is 5.91 Å². The predicted octanol–water partition coefficient (Wildman–Crippen LogP) is 1.77. The minimum absolute atomic E-state index is 0.263. The molecular formula is C15H17IN4O3. The molecule has 23 heavy (non-hydrogen) atoms. The number of hydrogen-bond acceptors (Lipinski definition) is 5. The van der Waals surface area contributed by atoms with Gasteiger partial charge in [-0.3, -0.25) is 9.59 Å². The van der Waals surface area contributed by atoms with E-state index in [-0.39, 0.29) is 11.9 Å². The second kappa shape index (κ2) is 8.61. The number of hydrogen-bond donors (Lipinski definition) is 1. The zero-order valence-electron chi connectivity index (χ0n) is 12.7. The predicted molar refractivity (Wildman–Crippen MR) is 91.6 cm³/mol. The summed E-state index contributed by atoms with van der Waals surface area (Å²) in [5.74, 6) is -0.529. The van der Waals surface area contributed by atoms with Gasteiger partial charge in [0, 0.05) is 19.5 Å². The number of aromatic nitrogens is 3. The Hall–Kier alpha value is -1.97. The van der Waals surface area contributed by atoms with Gasteiger partial charge in [0.05, 0.1) is 7.11 Å². The molecule has 1 aromatic heterocycles. The van der Waals surface area contributed by atoms with Crippen molar-refractivity contribution in [1.29, 1.82) is 0 Å². The average molecular weight is 426 g/mol. The summed E-state index contributed by atoms with van der Waals surface area (Å²) in [6.07, 6.45) is 0.888. The quantitative estimate of drug-likeness (QED) is 0.539. The third-order valence-corrected chi connectivity index (χ3v) is 4.23. The number of esters is 1. The van der Waals surface area contributed by atoms with Gasteiger partial charge in [-0.2, -0.15) is 0 Å². The van der Waals surface area contributed by atoms with Gasteiger partial charge >= 0.3 is 5.97 Å². The number of nitrogens with one attached hydrogen (secondary N) is 1. The second-order valence-electron chi connectivity index (χ2n) is 4.80. The number of benzene rings is 1. The molecule has 0 spiro atoms. The molecule has 0 saturated carbocycles. The summed E-state index contributed by atoms with van der Waals surface area (Å²) in [7, 11) is 1.36. The largest absolute Gasteiger partial charge is 0.469 e. The first-order chi connectivity index (χ1) is 11.1. The molecule has 0 aliphatic carbocycles. The van der Waals surface area contributed by atoms with Crippen LogP contribution in [0.15, 0.2) is 30.3 Å². The molecule has 0 saturated heterocycles. The molecule has 1 N–H and O–H groups in total. The monoisotopic (exact) mass is 426 g/mol. The number of carbonyl (C=O) groups excluding carboxylic acids is 2. The fourth-order valence-electron chi connectivity index (χ4n) is 1.92. The lowest BCUT2D eigenvalue weighted by Crippen LogP contribution is -2.24. The number of nitrogens with zero attached hydrogens (tertiary/aromatic N) is 3. The Morgan fingerprint density at radius 1 is 1.30 bits per heavy atom. The van der Waals surface area contributed by atoms with E-state index in [1.54, 1.807) is 4.68 Å². The number of carbonyl (C=O) groups is 2. The standard InChI is InChI=1S/C15H17IN4O3/c1-23-12(21)8-5-9-20-14(16)13(18-19-20)15(22)17-10-11-6-3-2-4-7-11/h2-4,6-7H,5,8-10H2,1H3,(H,17,22)/i16-2.